The monoisotopic (exact) mass is 329 g/mol. The molecular weight excluding hydrogens is 310 g/mol. The van der Waals surface area contributed by atoms with Crippen LogP contribution in [0.3, 0.4) is 0 Å². The van der Waals surface area contributed by atoms with Gasteiger partial charge in [0.2, 0.25) is 5.91 Å². The minimum absolute atomic E-state index is 0.0176. The van der Waals surface area contributed by atoms with Crippen LogP contribution < -0.4 is 10.9 Å². The molecule has 0 saturated carbocycles. The Morgan fingerprint density at radius 1 is 1.21 bits per heavy atom. The van der Waals surface area contributed by atoms with E-state index in [0.717, 1.165) is 21.9 Å². The van der Waals surface area contributed by atoms with E-state index in [1.54, 1.807) is 19.4 Å². The van der Waals surface area contributed by atoms with Crippen molar-refractivity contribution < 1.29 is 18.4 Å². The highest BCUT2D eigenvalue weighted by atomic mass is 16.5. The Hall–Kier alpha value is -2.60. The van der Waals surface area contributed by atoms with Crippen molar-refractivity contribution in [2.45, 2.75) is 20.3 Å². The van der Waals surface area contributed by atoms with Crippen molar-refractivity contribution >= 4 is 27.8 Å². The maximum absolute atomic E-state index is 12.3. The van der Waals surface area contributed by atoms with E-state index < -0.39 is 5.63 Å². The van der Waals surface area contributed by atoms with Gasteiger partial charge in [0.1, 0.15) is 11.2 Å². The zero-order chi connectivity index (χ0) is 17.3. The van der Waals surface area contributed by atoms with Crippen LogP contribution in [0.4, 0.5) is 0 Å². The zero-order valence-electron chi connectivity index (χ0n) is 13.9. The molecule has 126 valence electrons. The fourth-order valence-electron chi connectivity index (χ4n) is 2.76. The molecule has 1 amide bonds. The van der Waals surface area contributed by atoms with Gasteiger partial charge in [0.05, 0.1) is 24.9 Å². The van der Waals surface area contributed by atoms with Gasteiger partial charge in [-0.15, -0.1) is 0 Å². The standard InChI is InChI=1S/C18H19NO5/c1-10-9-23-15-8-16-13(6-12(10)15)11(2)14(18(21)24-16)7-17(20)19-4-5-22-3/h6,8-9H,4-5,7H2,1-3H3,(H,19,20). The maximum Gasteiger partial charge on any atom is 0.340 e. The smallest absolute Gasteiger partial charge is 0.340 e. The number of rotatable bonds is 5. The minimum Gasteiger partial charge on any atom is -0.464 e. The van der Waals surface area contributed by atoms with Crippen molar-refractivity contribution in [3.8, 4) is 0 Å². The van der Waals surface area contributed by atoms with Gasteiger partial charge in [-0.1, -0.05) is 0 Å². The number of hydrogen-bond donors (Lipinski definition) is 1. The third kappa shape index (κ3) is 2.92. The van der Waals surface area contributed by atoms with Crippen LogP contribution >= 0.6 is 0 Å². The molecule has 6 nitrogen and oxygen atoms in total. The minimum atomic E-state index is -0.496. The van der Waals surface area contributed by atoms with E-state index in [0.29, 0.717) is 29.9 Å². The predicted octanol–water partition coefficient (Wildman–Crippen LogP) is 2.46. The van der Waals surface area contributed by atoms with Gasteiger partial charge in [0, 0.05) is 30.5 Å². The molecule has 2 aromatic heterocycles. The summed E-state index contributed by atoms with van der Waals surface area (Å²) >= 11 is 0. The normalized spacial score (nSPS) is 11.3. The molecule has 0 bridgehead atoms. The first kappa shape index (κ1) is 16.3. The molecule has 1 aromatic carbocycles. The van der Waals surface area contributed by atoms with Gasteiger partial charge in [-0.3, -0.25) is 4.79 Å². The first-order valence-corrected chi connectivity index (χ1v) is 7.71. The largest absolute Gasteiger partial charge is 0.464 e. The summed E-state index contributed by atoms with van der Waals surface area (Å²) in [5.41, 5.74) is 2.78. The van der Waals surface area contributed by atoms with Crippen molar-refractivity contribution in [2.75, 3.05) is 20.3 Å². The highest BCUT2D eigenvalue weighted by Gasteiger charge is 2.16. The average Bonchev–Trinajstić information content (AvgIpc) is 2.91. The van der Waals surface area contributed by atoms with E-state index in [-0.39, 0.29) is 12.3 Å². The quantitative estimate of drug-likeness (QED) is 0.574. The van der Waals surface area contributed by atoms with Crippen LogP contribution in [0.5, 0.6) is 0 Å². The zero-order valence-corrected chi connectivity index (χ0v) is 13.9. The van der Waals surface area contributed by atoms with Gasteiger partial charge in [0.15, 0.2) is 0 Å². The average molecular weight is 329 g/mol. The molecule has 0 spiro atoms. The van der Waals surface area contributed by atoms with Crippen molar-refractivity contribution in [1.82, 2.24) is 5.32 Å². The lowest BCUT2D eigenvalue weighted by atomic mass is 10.0. The topological polar surface area (TPSA) is 81.7 Å². The van der Waals surface area contributed by atoms with Gasteiger partial charge in [-0.2, -0.15) is 0 Å². The lowest BCUT2D eigenvalue weighted by Crippen LogP contribution is -2.30. The number of amides is 1. The lowest BCUT2D eigenvalue weighted by molar-refractivity contribution is -0.120. The predicted molar refractivity (Wildman–Crippen MR) is 90.3 cm³/mol. The second-order valence-electron chi connectivity index (χ2n) is 5.78. The van der Waals surface area contributed by atoms with Crippen LogP contribution in [-0.2, 0) is 16.0 Å². The fraction of sp³-hybridized carbons (Fsp3) is 0.333. The first-order chi connectivity index (χ1) is 11.5. The van der Waals surface area contributed by atoms with Gasteiger partial charge >= 0.3 is 5.63 Å². The van der Waals surface area contributed by atoms with Crippen molar-refractivity contribution in [2.24, 2.45) is 0 Å². The van der Waals surface area contributed by atoms with Gasteiger partial charge in [-0.05, 0) is 31.0 Å². The van der Waals surface area contributed by atoms with Crippen LogP contribution in [-0.4, -0.2) is 26.2 Å². The molecule has 0 saturated heterocycles. The summed E-state index contributed by atoms with van der Waals surface area (Å²) in [4.78, 5) is 24.2. The van der Waals surface area contributed by atoms with Crippen LogP contribution in [0, 0.1) is 13.8 Å². The number of carbonyl (C=O) groups excluding carboxylic acids is 1. The number of ether oxygens (including phenoxy) is 1. The van der Waals surface area contributed by atoms with E-state index >= 15 is 0 Å². The highest BCUT2D eigenvalue weighted by Crippen LogP contribution is 2.28. The summed E-state index contributed by atoms with van der Waals surface area (Å²) < 4.78 is 15.7. The number of nitrogens with one attached hydrogen (secondary N) is 1. The molecule has 3 aromatic rings. The summed E-state index contributed by atoms with van der Waals surface area (Å²) in [5, 5.41) is 4.49. The summed E-state index contributed by atoms with van der Waals surface area (Å²) in [6, 6.07) is 3.66. The Morgan fingerprint density at radius 2 is 2.00 bits per heavy atom. The molecule has 0 fully saturated rings. The molecule has 2 heterocycles. The third-order valence-electron chi connectivity index (χ3n) is 4.14. The molecule has 0 aliphatic carbocycles. The molecule has 24 heavy (non-hydrogen) atoms. The van der Waals surface area contributed by atoms with Crippen molar-refractivity contribution in [3.63, 3.8) is 0 Å². The van der Waals surface area contributed by atoms with Crippen molar-refractivity contribution in [1.29, 1.82) is 0 Å². The second kappa shape index (κ2) is 6.49. The van der Waals surface area contributed by atoms with E-state index in [9.17, 15) is 9.59 Å². The lowest BCUT2D eigenvalue weighted by Gasteiger charge is -2.08. The number of aryl methyl sites for hydroxylation is 2. The number of benzene rings is 1. The van der Waals surface area contributed by atoms with E-state index in [4.69, 9.17) is 13.6 Å². The van der Waals surface area contributed by atoms with Crippen LogP contribution in [0.1, 0.15) is 16.7 Å². The molecule has 6 heteroatoms. The molecule has 0 aliphatic heterocycles. The Balaban J connectivity index is 2.02. The Labute approximate surface area is 138 Å². The number of methoxy groups -OCH3 is 1. The van der Waals surface area contributed by atoms with Crippen molar-refractivity contribution in [3.05, 3.63) is 45.5 Å². The molecule has 0 radical (unpaired) electrons. The molecule has 3 rings (SSSR count). The fourth-order valence-corrected chi connectivity index (χ4v) is 2.76. The Morgan fingerprint density at radius 3 is 2.75 bits per heavy atom. The number of hydrogen-bond acceptors (Lipinski definition) is 5. The first-order valence-electron chi connectivity index (χ1n) is 7.71. The highest BCUT2D eigenvalue weighted by molar-refractivity contribution is 5.96. The van der Waals surface area contributed by atoms with Gasteiger partial charge in [0.25, 0.3) is 0 Å². The maximum atomic E-state index is 12.3. The molecule has 1 N–H and O–H groups in total. The van der Waals surface area contributed by atoms with Crippen LogP contribution in [0.25, 0.3) is 21.9 Å². The summed E-state index contributed by atoms with van der Waals surface area (Å²) in [6.45, 7) is 4.62. The number of fused-ring (bicyclic) bond motifs is 2. The number of furan rings is 1. The van der Waals surface area contributed by atoms with E-state index in [1.807, 2.05) is 19.9 Å². The summed E-state index contributed by atoms with van der Waals surface area (Å²) in [5.74, 6) is -0.234. The SMILES string of the molecule is COCCNC(=O)Cc1c(C)c2cc3c(C)coc3cc2oc1=O. The Kier molecular flexibility index (Phi) is 4.40. The Bertz CT molecular complexity index is 967. The summed E-state index contributed by atoms with van der Waals surface area (Å²) in [6.07, 6.45) is 1.65. The van der Waals surface area contributed by atoms with Gasteiger partial charge < -0.3 is 18.9 Å². The van der Waals surface area contributed by atoms with Crippen LogP contribution in [0.2, 0.25) is 0 Å². The number of carbonyl (C=O) groups is 1. The summed E-state index contributed by atoms with van der Waals surface area (Å²) in [7, 11) is 1.56. The molecular formula is C18H19NO5. The van der Waals surface area contributed by atoms with E-state index in [1.165, 1.54) is 0 Å². The van der Waals surface area contributed by atoms with Gasteiger partial charge in [-0.25, -0.2) is 4.79 Å². The van der Waals surface area contributed by atoms with E-state index in [2.05, 4.69) is 5.32 Å². The molecule has 0 unspecified atom stereocenters. The molecule has 0 aliphatic rings. The van der Waals surface area contributed by atoms with Crippen LogP contribution in [0.15, 0.2) is 32.0 Å². The third-order valence-corrected chi connectivity index (χ3v) is 4.14. The molecule has 0 atom stereocenters. The second-order valence-corrected chi connectivity index (χ2v) is 5.78.